The molecule has 3 nitrogen and oxygen atoms in total. The van der Waals surface area contributed by atoms with Crippen LogP contribution >= 0.6 is 11.6 Å². The maximum atomic E-state index is 12.2. The van der Waals surface area contributed by atoms with Gasteiger partial charge in [-0.05, 0) is 37.6 Å². The van der Waals surface area contributed by atoms with Crippen LogP contribution in [0.25, 0.3) is 0 Å². The van der Waals surface area contributed by atoms with Gasteiger partial charge in [0.25, 0.3) is 0 Å². The summed E-state index contributed by atoms with van der Waals surface area (Å²) < 4.78 is 24.4. The lowest BCUT2D eigenvalue weighted by molar-refractivity contribution is 0.496. The molecule has 0 bridgehead atoms. The molecule has 1 aromatic carbocycles. The fourth-order valence-corrected chi connectivity index (χ4v) is 4.26. The Morgan fingerprint density at radius 2 is 1.88 bits per heavy atom. The van der Waals surface area contributed by atoms with Gasteiger partial charge in [-0.2, -0.15) is 0 Å². The summed E-state index contributed by atoms with van der Waals surface area (Å²) in [7, 11) is -3.08. The van der Waals surface area contributed by atoms with E-state index in [9.17, 15) is 8.42 Å². The highest BCUT2D eigenvalue weighted by molar-refractivity contribution is 7.91. The minimum Gasteiger partial charge on any atom is -0.317 e. The molecule has 1 heterocycles. The molecule has 0 saturated carbocycles. The van der Waals surface area contributed by atoms with E-state index < -0.39 is 9.84 Å². The van der Waals surface area contributed by atoms with E-state index in [1.165, 1.54) is 0 Å². The predicted octanol–water partition coefficient (Wildman–Crippen LogP) is 2.01. The van der Waals surface area contributed by atoms with Gasteiger partial charge in [0.1, 0.15) is 0 Å². The first-order valence-electron chi connectivity index (χ1n) is 5.75. The molecule has 0 atom stereocenters. The molecule has 0 aliphatic carbocycles. The summed E-state index contributed by atoms with van der Waals surface area (Å²) in [5, 5.41) is 3.48. The van der Waals surface area contributed by atoms with Crippen molar-refractivity contribution in [2.45, 2.75) is 23.8 Å². The number of sulfone groups is 1. The second kappa shape index (κ2) is 5.38. The number of halogens is 1. The molecule has 1 fully saturated rings. The van der Waals surface area contributed by atoms with E-state index in [0.717, 1.165) is 13.1 Å². The quantitative estimate of drug-likeness (QED) is 0.916. The van der Waals surface area contributed by atoms with E-state index in [4.69, 9.17) is 11.6 Å². The Hall–Kier alpha value is -0.580. The Morgan fingerprint density at radius 3 is 2.53 bits per heavy atom. The van der Waals surface area contributed by atoms with E-state index >= 15 is 0 Å². The summed E-state index contributed by atoms with van der Waals surface area (Å²) in [6.45, 7) is 1.57. The molecule has 0 aromatic heterocycles. The highest BCUT2D eigenvalue weighted by Crippen LogP contribution is 2.22. The van der Waals surface area contributed by atoms with Crippen LogP contribution in [0.3, 0.4) is 0 Å². The molecular weight excluding hydrogens is 258 g/mol. The molecule has 0 spiro atoms. The number of rotatable bonds is 3. The van der Waals surface area contributed by atoms with E-state index in [-0.39, 0.29) is 11.0 Å². The molecule has 1 saturated heterocycles. The van der Waals surface area contributed by atoms with Crippen LogP contribution in [-0.4, -0.2) is 26.8 Å². The first-order valence-corrected chi connectivity index (χ1v) is 7.84. The van der Waals surface area contributed by atoms with Gasteiger partial charge in [0.2, 0.25) is 0 Å². The average Bonchev–Trinajstić information content (AvgIpc) is 2.33. The van der Waals surface area contributed by atoms with Crippen LogP contribution in [0.4, 0.5) is 0 Å². The number of hydrogen-bond donors (Lipinski definition) is 1. The third-order valence-corrected chi connectivity index (χ3v) is 5.68. The van der Waals surface area contributed by atoms with Crippen molar-refractivity contribution in [2.75, 3.05) is 13.1 Å². The van der Waals surface area contributed by atoms with Gasteiger partial charge in [0.05, 0.1) is 11.0 Å². The fraction of sp³-hybridized carbons (Fsp3) is 0.500. The van der Waals surface area contributed by atoms with Crippen LogP contribution in [0.1, 0.15) is 18.4 Å². The lowest BCUT2D eigenvalue weighted by Gasteiger charge is -2.22. The Balaban J connectivity index is 2.14. The second-order valence-corrected chi connectivity index (χ2v) is 7.04. The average molecular weight is 274 g/mol. The molecule has 94 valence electrons. The largest absolute Gasteiger partial charge is 0.317 e. The van der Waals surface area contributed by atoms with Crippen molar-refractivity contribution in [3.8, 4) is 0 Å². The summed E-state index contributed by atoms with van der Waals surface area (Å²) in [6.07, 6.45) is 1.40. The van der Waals surface area contributed by atoms with Gasteiger partial charge in [-0.3, -0.25) is 0 Å². The number of nitrogens with one attached hydrogen (secondary N) is 1. The minimum atomic E-state index is -3.08. The van der Waals surface area contributed by atoms with Crippen molar-refractivity contribution < 1.29 is 8.42 Å². The molecule has 2 rings (SSSR count). The topological polar surface area (TPSA) is 46.2 Å². The second-order valence-electron chi connectivity index (χ2n) is 4.35. The van der Waals surface area contributed by atoms with Gasteiger partial charge >= 0.3 is 0 Å². The number of hydrogen-bond acceptors (Lipinski definition) is 3. The van der Waals surface area contributed by atoms with Gasteiger partial charge in [0, 0.05) is 5.02 Å². The van der Waals surface area contributed by atoms with E-state index in [0.29, 0.717) is 23.4 Å². The standard InChI is InChI=1S/C12H16ClNO2S/c13-12-4-2-1-3-10(12)9-17(15,16)11-5-7-14-8-6-11/h1-4,11,14H,5-9H2. The highest BCUT2D eigenvalue weighted by Gasteiger charge is 2.27. The molecule has 17 heavy (non-hydrogen) atoms. The Bertz CT molecular complexity index is 481. The van der Waals surface area contributed by atoms with Gasteiger partial charge in [-0.25, -0.2) is 8.42 Å². The lowest BCUT2D eigenvalue weighted by atomic mass is 10.2. The van der Waals surface area contributed by atoms with Crippen LogP contribution < -0.4 is 5.32 Å². The van der Waals surface area contributed by atoms with E-state index in [2.05, 4.69) is 5.32 Å². The van der Waals surface area contributed by atoms with Crippen LogP contribution in [-0.2, 0) is 15.6 Å². The van der Waals surface area contributed by atoms with Gasteiger partial charge in [-0.1, -0.05) is 29.8 Å². The number of benzene rings is 1. The Kier molecular flexibility index (Phi) is 4.07. The number of piperidine rings is 1. The SMILES string of the molecule is O=S(=O)(Cc1ccccc1Cl)C1CCNCC1. The zero-order valence-electron chi connectivity index (χ0n) is 9.52. The van der Waals surface area contributed by atoms with Crippen molar-refractivity contribution >= 4 is 21.4 Å². The molecule has 0 amide bonds. The van der Waals surface area contributed by atoms with Crippen molar-refractivity contribution in [1.29, 1.82) is 0 Å². The summed E-state index contributed by atoms with van der Waals surface area (Å²) in [5.74, 6) is 0.0529. The monoisotopic (exact) mass is 273 g/mol. The Labute approximate surface area is 107 Å². The first-order chi connectivity index (χ1) is 8.09. The summed E-state index contributed by atoms with van der Waals surface area (Å²) >= 11 is 5.99. The molecule has 1 aliphatic heterocycles. The van der Waals surface area contributed by atoms with Crippen molar-refractivity contribution in [3.05, 3.63) is 34.9 Å². The maximum Gasteiger partial charge on any atom is 0.157 e. The van der Waals surface area contributed by atoms with E-state index in [1.54, 1.807) is 12.1 Å². The molecule has 1 N–H and O–H groups in total. The highest BCUT2D eigenvalue weighted by atomic mass is 35.5. The van der Waals surface area contributed by atoms with Crippen LogP contribution in [0.5, 0.6) is 0 Å². The third kappa shape index (κ3) is 3.21. The van der Waals surface area contributed by atoms with Crippen molar-refractivity contribution in [3.63, 3.8) is 0 Å². The Morgan fingerprint density at radius 1 is 1.24 bits per heavy atom. The van der Waals surface area contributed by atoms with E-state index in [1.807, 2.05) is 12.1 Å². The van der Waals surface area contributed by atoms with Crippen molar-refractivity contribution in [2.24, 2.45) is 0 Å². The minimum absolute atomic E-state index is 0.0529. The molecule has 1 aromatic rings. The van der Waals surface area contributed by atoms with Crippen LogP contribution in [0, 0.1) is 0 Å². The van der Waals surface area contributed by atoms with Gasteiger partial charge < -0.3 is 5.32 Å². The summed E-state index contributed by atoms with van der Waals surface area (Å²) in [5.41, 5.74) is 0.702. The maximum absolute atomic E-state index is 12.2. The molecular formula is C12H16ClNO2S. The molecule has 0 radical (unpaired) electrons. The molecule has 5 heteroatoms. The normalized spacial score (nSPS) is 18.2. The summed E-state index contributed by atoms with van der Waals surface area (Å²) in [4.78, 5) is 0. The van der Waals surface area contributed by atoms with Crippen molar-refractivity contribution in [1.82, 2.24) is 5.32 Å². The van der Waals surface area contributed by atoms with Gasteiger partial charge in [-0.15, -0.1) is 0 Å². The predicted molar refractivity (Wildman–Crippen MR) is 70.0 cm³/mol. The van der Waals surface area contributed by atoms with Gasteiger partial charge in [0.15, 0.2) is 9.84 Å². The van der Waals surface area contributed by atoms with Crippen LogP contribution in [0.15, 0.2) is 24.3 Å². The molecule has 1 aliphatic rings. The third-order valence-electron chi connectivity index (χ3n) is 3.11. The lowest BCUT2D eigenvalue weighted by Crippen LogP contribution is -2.36. The summed E-state index contributed by atoms with van der Waals surface area (Å²) in [6, 6.07) is 7.14. The smallest absolute Gasteiger partial charge is 0.157 e. The zero-order valence-corrected chi connectivity index (χ0v) is 11.1. The first kappa shape index (κ1) is 12.9. The van der Waals surface area contributed by atoms with Crippen LogP contribution in [0.2, 0.25) is 5.02 Å². The zero-order chi connectivity index (χ0) is 12.3. The molecule has 0 unspecified atom stereocenters. The fourth-order valence-electron chi connectivity index (χ4n) is 2.10.